The summed E-state index contributed by atoms with van der Waals surface area (Å²) in [6, 6.07) is 0. The van der Waals surface area contributed by atoms with Crippen LogP contribution in [0.15, 0.2) is 97.2 Å². The van der Waals surface area contributed by atoms with Crippen LogP contribution in [0.2, 0.25) is 0 Å². The van der Waals surface area contributed by atoms with E-state index in [0.29, 0.717) is 19.4 Å². The van der Waals surface area contributed by atoms with E-state index in [9.17, 15) is 9.59 Å². The Bertz CT molecular complexity index is 1270. The van der Waals surface area contributed by atoms with Crippen LogP contribution >= 0.6 is 0 Å². The molecule has 0 saturated heterocycles. The van der Waals surface area contributed by atoms with Crippen molar-refractivity contribution >= 4 is 11.9 Å². The zero-order chi connectivity index (χ0) is 47.7. The van der Waals surface area contributed by atoms with Crippen molar-refractivity contribution in [1.82, 2.24) is 0 Å². The minimum Gasteiger partial charge on any atom is -0.462 e. The average molecular weight is 917 g/mol. The number of hydrogen-bond donors (Lipinski definition) is 0. The predicted molar refractivity (Wildman–Crippen MR) is 288 cm³/mol. The molecule has 0 aromatic rings. The third-order valence-corrected chi connectivity index (χ3v) is 11.6. The van der Waals surface area contributed by atoms with Gasteiger partial charge in [-0.15, -0.1) is 0 Å². The van der Waals surface area contributed by atoms with E-state index >= 15 is 0 Å². The number of unbranched alkanes of at least 4 members (excludes halogenated alkanes) is 23. The van der Waals surface area contributed by atoms with E-state index in [1.165, 1.54) is 128 Å². The summed E-state index contributed by atoms with van der Waals surface area (Å²) >= 11 is 0. The van der Waals surface area contributed by atoms with Gasteiger partial charge in [-0.1, -0.05) is 227 Å². The van der Waals surface area contributed by atoms with Crippen LogP contribution in [0, 0.1) is 0 Å². The molecule has 66 heavy (non-hydrogen) atoms. The second kappa shape index (κ2) is 56.1. The van der Waals surface area contributed by atoms with Gasteiger partial charge in [0.15, 0.2) is 6.10 Å². The molecular weight excluding hydrogens is 813 g/mol. The van der Waals surface area contributed by atoms with Crippen LogP contribution < -0.4 is 0 Å². The molecule has 0 aliphatic carbocycles. The van der Waals surface area contributed by atoms with Crippen LogP contribution in [0.1, 0.15) is 252 Å². The van der Waals surface area contributed by atoms with Crippen molar-refractivity contribution < 1.29 is 23.8 Å². The highest BCUT2D eigenvalue weighted by molar-refractivity contribution is 5.70. The van der Waals surface area contributed by atoms with Crippen molar-refractivity contribution in [3.8, 4) is 0 Å². The number of esters is 2. The molecule has 5 nitrogen and oxygen atoms in total. The van der Waals surface area contributed by atoms with E-state index in [1.54, 1.807) is 0 Å². The monoisotopic (exact) mass is 917 g/mol. The van der Waals surface area contributed by atoms with Crippen LogP contribution in [0.5, 0.6) is 0 Å². The Morgan fingerprint density at radius 2 is 0.682 bits per heavy atom. The number of carbonyl (C=O) groups is 2. The summed E-state index contributed by atoms with van der Waals surface area (Å²) in [5, 5.41) is 0. The van der Waals surface area contributed by atoms with Gasteiger partial charge in [0.1, 0.15) is 6.61 Å². The first-order valence-electron chi connectivity index (χ1n) is 27.8. The maximum absolute atomic E-state index is 12.8. The quantitative estimate of drug-likeness (QED) is 0.0346. The van der Waals surface area contributed by atoms with Crippen molar-refractivity contribution in [3.05, 3.63) is 97.2 Å². The number of ether oxygens (including phenoxy) is 3. The summed E-state index contributed by atoms with van der Waals surface area (Å²) in [5.41, 5.74) is 0. The summed E-state index contributed by atoms with van der Waals surface area (Å²) in [6.07, 6.45) is 75.9. The number of hydrogen-bond acceptors (Lipinski definition) is 5. The maximum Gasteiger partial charge on any atom is 0.306 e. The van der Waals surface area contributed by atoms with Gasteiger partial charge < -0.3 is 14.2 Å². The van der Waals surface area contributed by atoms with E-state index in [1.807, 2.05) is 0 Å². The van der Waals surface area contributed by atoms with E-state index in [0.717, 1.165) is 89.9 Å². The number of rotatable bonds is 50. The molecule has 5 heteroatoms. The molecular formula is C61H104O5. The van der Waals surface area contributed by atoms with Gasteiger partial charge in [-0.25, -0.2) is 0 Å². The number of allylic oxidation sites excluding steroid dienone is 15. The van der Waals surface area contributed by atoms with Gasteiger partial charge in [-0.3, -0.25) is 9.59 Å². The highest BCUT2D eigenvalue weighted by Crippen LogP contribution is 2.14. The summed E-state index contributed by atoms with van der Waals surface area (Å²) in [4.78, 5) is 25.5. The molecule has 1 atom stereocenters. The van der Waals surface area contributed by atoms with Gasteiger partial charge >= 0.3 is 11.9 Å². The highest BCUT2D eigenvalue weighted by atomic mass is 16.6. The Morgan fingerprint density at radius 3 is 1.14 bits per heavy atom. The van der Waals surface area contributed by atoms with Crippen molar-refractivity contribution in [1.29, 1.82) is 0 Å². The molecule has 0 aromatic carbocycles. The second-order valence-electron chi connectivity index (χ2n) is 18.1. The van der Waals surface area contributed by atoms with Crippen LogP contribution in [0.4, 0.5) is 0 Å². The normalized spacial score (nSPS) is 13.0. The fourth-order valence-electron chi connectivity index (χ4n) is 7.48. The second-order valence-corrected chi connectivity index (χ2v) is 18.1. The third-order valence-electron chi connectivity index (χ3n) is 11.6. The van der Waals surface area contributed by atoms with Crippen molar-refractivity contribution in [2.75, 3.05) is 19.8 Å². The summed E-state index contributed by atoms with van der Waals surface area (Å²) in [7, 11) is 0. The van der Waals surface area contributed by atoms with E-state index in [4.69, 9.17) is 14.2 Å². The van der Waals surface area contributed by atoms with Crippen molar-refractivity contribution in [3.63, 3.8) is 0 Å². The minimum atomic E-state index is -0.589. The van der Waals surface area contributed by atoms with E-state index in [-0.39, 0.29) is 25.2 Å². The first kappa shape index (κ1) is 62.8. The third kappa shape index (κ3) is 53.4. The summed E-state index contributed by atoms with van der Waals surface area (Å²) < 4.78 is 17.3. The lowest BCUT2D eigenvalue weighted by Crippen LogP contribution is -2.30. The molecule has 0 spiro atoms. The lowest BCUT2D eigenvalue weighted by atomic mass is 10.1. The van der Waals surface area contributed by atoms with Gasteiger partial charge in [-0.2, -0.15) is 0 Å². The topological polar surface area (TPSA) is 61.8 Å². The van der Waals surface area contributed by atoms with Crippen LogP contribution in [-0.2, 0) is 23.8 Å². The molecule has 0 amide bonds. The van der Waals surface area contributed by atoms with Crippen molar-refractivity contribution in [2.45, 2.75) is 258 Å². The first-order valence-corrected chi connectivity index (χ1v) is 27.8. The zero-order valence-corrected chi connectivity index (χ0v) is 43.4. The molecule has 0 saturated carbocycles. The van der Waals surface area contributed by atoms with Crippen LogP contribution in [0.25, 0.3) is 0 Å². The molecule has 0 bridgehead atoms. The molecule has 0 N–H and O–H groups in total. The number of carbonyl (C=O) groups excluding carboxylic acids is 2. The average Bonchev–Trinajstić information content (AvgIpc) is 3.32. The molecule has 0 rings (SSSR count). The van der Waals surface area contributed by atoms with Crippen LogP contribution in [-0.4, -0.2) is 37.9 Å². The Hall–Kier alpha value is -3.18. The van der Waals surface area contributed by atoms with E-state index < -0.39 is 6.10 Å². The Labute approximate surface area is 409 Å². The Morgan fingerprint density at radius 1 is 0.348 bits per heavy atom. The molecule has 0 radical (unpaired) electrons. The van der Waals surface area contributed by atoms with Gasteiger partial charge in [0.05, 0.1) is 13.2 Å². The SMILES string of the molecule is CC/C=C\C/C=C\C/C=C\C/C=C\C/C=C\CCOCC(COC(=O)CCCCCCCCCCC/C=C\CCCCCCCC)OC(=O)CCCCCCC/C=C\C/C=C\CCCCC. The fourth-order valence-corrected chi connectivity index (χ4v) is 7.48. The lowest BCUT2D eigenvalue weighted by Gasteiger charge is -2.18. The summed E-state index contributed by atoms with van der Waals surface area (Å²) in [6.45, 7) is 7.47. The Kier molecular flexibility index (Phi) is 53.4. The van der Waals surface area contributed by atoms with Gasteiger partial charge in [0.2, 0.25) is 0 Å². The van der Waals surface area contributed by atoms with E-state index in [2.05, 4.69) is 118 Å². The molecule has 0 aromatic heterocycles. The Balaban J connectivity index is 4.38. The van der Waals surface area contributed by atoms with Crippen LogP contribution in [0.3, 0.4) is 0 Å². The van der Waals surface area contributed by atoms with Gasteiger partial charge in [0, 0.05) is 12.8 Å². The van der Waals surface area contributed by atoms with Gasteiger partial charge in [-0.05, 0) is 109 Å². The maximum atomic E-state index is 12.8. The zero-order valence-electron chi connectivity index (χ0n) is 43.4. The van der Waals surface area contributed by atoms with Gasteiger partial charge in [0.25, 0.3) is 0 Å². The largest absolute Gasteiger partial charge is 0.462 e. The minimum absolute atomic E-state index is 0.0450. The summed E-state index contributed by atoms with van der Waals surface area (Å²) in [5.74, 6) is -0.455. The molecule has 0 heterocycles. The molecule has 1 unspecified atom stereocenters. The molecule has 0 fully saturated rings. The molecule has 378 valence electrons. The molecule has 0 aliphatic rings. The highest BCUT2D eigenvalue weighted by Gasteiger charge is 2.17. The standard InChI is InChI=1S/C61H104O5/c1-4-7-10-13-16-19-22-25-28-30-31-32-34-36-39-42-45-48-51-54-60(62)65-58-59(57-64-56-53-50-47-44-41-38-35-29-26-23-20-17-14-11-8-5-2)66-61(63)55-52-49-46-43-40-37-33-27-24-21-18-15-12-9-6-3/h8,11,17-18,20-21,25-29,33,38,41,47,50,59H,4-7,9-10,12-16,19,22-24,30-32,34-37,39-40,42-46,48-49,51-58H2,1-3H3/b11-8-,20-17-,21-18-,28-25-,29-26-,33-27-,41-38-,50-47-. The molecule has 0 aliphatic heterocycles. The first-order chi connectivity index (χ1) is 32.6. The lowest BCUT2D eigenvalue weighted by molar-refractivity contribution is -0.162. The fraction of sp³-hybridized carbons (Fsp3) is 0.705. The smallest absolute Gasteiger partial charge is 0.306 e. The van der Waals surface area contributed by atoms with Crippen molar-refractivity contribution in [2.24, 2.45) is 0 Å². The predicted octanol–water partition coefficient (Wildman–Crippen LogP) is 19.0.